The molecule has 15 heavy (non-hydrogen) atoms. The first-order chi connectivity index (χ1) is 7.20. The number of hydrogen-bond acceptors (Lipinski definition) is 2. The number of ether oxygens (including phenoxy) is 1. The molecule has 0 radical (unpaired) electrons. The largest absolute Gasteiger partial charge is 0.372 e. The van der Waals surface area contributed by atoms with Gasteiger partial charge in [0.2, 0.25) is 5.91 Å². The molecule has 0 saturated carbocycles. The average Bonchev–Trinajstić information content (AvgIpc) is 2.24. The Morgan fingerprint density at radius 3 is 2.87 bits per heavy atom. The van der Waals surface area contributed by atoms with Crippen molar-refractivity contribution in [1.82, 2.24) is 5.32 Å². The van der Waals surface area contributed by atoms with E-state index in [2.05, 4.69) is 28.2 Å². The van der Waals surface area contributed by atoms with Crippen LogP contribution in [-0.4, -0.2) is 31.0 Å². The van der Waals surface area contributed by atoms with Gasteiger partial charge in [0.15, 0.2) is 0 Å². The molecule has 0 saturated heterocycles. The summed E-state index contributed by atoms with van der Waals surface area (Å²) >= 11 is 3.43. The highest BCUT2D eigenvalue weighted by Gasteiger charge is 2.02. The minimum absolute atomic E-state index is 0.00468. The van der Waals surface area contributed by atoms with Crippen molar-refractivity contribution in [1.29, 1.82) is 0 Å². The van der Waals surface area contributed by atoms with Crippen molar-refractivity contribution >= 4 is 21.8 Å². The third kappa shape index (κ3) is 10.2. The van der Waals surface area contributed by atoms with Crippen molar-refractivity contribution in [2.45, 2.75) is 33.1 Å². The Morgan fingerprint density at radius 1 is 1.53 bits per heavy atom. The van der Waals surface area contributed by atoms with Crippen LogP contribution in [0.5, 0.6) is 0 Å². The molecule has 90 valence electrons. The van der Waals surface area contributed by atoms with Gasteiger partial charge in [-0.25, -0.2) is 0 Å². The summed E-state index contributed by atoms with van der Waals surface area (Å²) < 4.78 is 5.12. The Bertz CT molecular complexity index is 165. The number of halogens is 1. The molecule has 4 heteroatoms. The van der Waals surface area contributed by atoms with Gasteiger partial charge in [-0.3, -0.25) is 4.79 Å². The predicted octanol–water partition coefficient (Wildman–Crippen LogP) is 2.34. The number of alkyl halides is 1. The summed E-state index contributed by atoms with van der Waals surface area (Å²) in [5.74, 6) is 0.674. The molecular weight excluding hydrogens is 258 g/mol. The van der Waals surface area contributed by atoms with E-state index in [0.29, 0.717) is 12.5 Å². The van der Waals surface area contributed by atoms with Gasteiger partial charge in [-0.1, -0.05) is 29.8 Å². The minimum Gasteiger partial charge on any atom is -0.372 e. The summed E-state index contributed by atoms with van der Waals surface area (Å²) in [4.78, 5) is 11.2. The fraction of sp³-hybridized carbons (Fsp3) is 0.909. The van der Waals surface area contributed by atoms with Gasteiger partial charge < -0.3 is 10.1 Å². The van der Waals surface area contributed by atoms with Crippen LogP contribution in [-0.2, 0) is 9.53 Å². The number of nitrogens with one attached hydrogen (secondary N) is 1. The molecule has 1 N–H and O–H groups in total. The molecule has 0 aliphatic heterocycles. The van der Waals surface area contributed by atoms with Crippen molar-refractivity contribution in [2.24, 2.45) is 5.92 Å². The normalized spacial score (nSPS) is 12.5. The van der Waals surface area contributed by atoms with Crippen LogP contribution in [0.15, 0.2) is 0 Å². The first-order valence-corrected chi connectivity index (χ1v) is 6.73. The standard InChI is InChI=1S/C11H22BrNO2/c1-3-7-15-9-11(14)13-6-4-5-10(2)8-12/h10H,3-9H2,1-2H3,(H,13,14). The molecule has 1 amide bonds. The number of carbonyl (C=O) groups excluding carboxylic acids is 1. The van der Waals surface area contributed by atoms with Gasteiger partial charge in [0.25, 0.3) is 0 Å². The Morgan fingerprint density at radius 2 is 2.27 bits per heavy atom. The molecule has 0 aliphatic carbocycles. The van der Waals surface area contributed by atoms with Crippen LogP contribution in [0.2, 0.25) is 0 Å². The van der Waals surface area contributed by atoms with Crippen molar-refractivity contribution in [3.63, 3.8) is 0 Å². The monoisotopic (exact) mass is 279 g/mol. The zero-order valence-electron chi connectivity index (χ0n) is 9.72. The third-order valence-corrected chi connectivity index (χ3v) is 3.15. The van der Waals surface area contributed by atoms with Crippen LogP contribution in [0.25, 0.3) is 0 Å². The van der Waals surface area contributed by atoms with Crippen LogP contribution in [0.1, 0.15) is 33.1 Å². The van der Waals surface area contributed by atoms with Crippen molar-refractivity contribution in [3.05, 3.63) is 0 Å². The highest BCUT2D eigenvalue weighted by molar-refractivity contribution is 9.09. The van der Waals surface area contributed by atoms with Gasteiger partial charge in [0.05, 0.1) is 0 Å². The van der Waals surface area contributed by atoms with Gasteiger partial charge in [0.1, 0.15) is 6.61 Å². The highest BCUT2D eigenvalue weighted by Crippen LogP contribution is 2.07. The van der Waals surface area contributed by atoms with E-state index >= 15 is 0 Å². The summed E-state index contributed by atoms with van der Waals surface area (Å²) in [7, 11) is 0. The van der Waals surface area contributed by atoms with E-state index in [4.69, 9.17) is 4.74 Å². The number of carbonyl (C=O) groups is 1. The highest BCUT2D eigenvalue weighted by atomic mass is 79.9. The van der Waals surface area contributed by atoms with E-state index < -0.39 is 0 Å². The maximum Gasteiger partial charge on any atom is 0.245 e. The van der Waals surface area contributed by atoms with Crippen LogP contribution in [0, 0.1) is 5.92 Å². The number of rotatable bonds is 9. The summed E-state index contributed by atoms with van der Waals surface area (Å²) in [6.07, 6.45) is 3.13. The molecule has 0 aromatic rings. The van der Waals surface area contributed by atoms with Gasteiger partial charge in [-0.05, 0) is 25.2 Å². The van der Waals surface area contributed by atoms with E-state index in [0.717, 1.165) is 31.1 Å². The van der Waals surface area contributed by atoms with E-state index in [-0.39, 0.29) is 12.5 Å². The molecule has 0 aromatic heterocycles. The Kier molecular flexibility index (Phi) is 10.4. The molecule has 0 heterocycles. The summed E-state index contributed by atoms with van der Waals surface area (Å²) in [5.41, 5.74) is 0. The molecule has 1 atom stereocenters. The van der Waals surface area contributed by atoms with Gasteiger partial charge >= 0.3 is 0 Å². The van der Waals surface area contributed by atoms with E-state index in [1.54, 1.807) is 0 Å². The SMILES string of the molecule is CCCOCC(=O)NCCCC(C)CBr. The molecular formula is C11H22BrNO2. The van der Waals surface area contributed by atoms with Crippen LogP contribution in [0.3, 0.4) is 0 Å². The summed E-state index contributed by atoms with van der Waals surface area (Å²) in [6, 6.07) is 0. The minimum atomic E-state index is -0.00468. The Balaban J connectivity index is 3.23. The molecule has 0 aliphatic rings. The molecule has 0 rings (SSSR count). The van der Waals surface area contributed by atoms with Crippen molar-refractivity contribution in [2.75, 3.05) is 25.1 Å². The van der Waals surface area contributed by atoms with E-state index in [9.17, 15) is 4.79 Å². The Hall–Kier alpha value is -0.0900. The fourth-order valence-corrected chi connectivity index (χ4v) is 1.44. The maximum atomic E-state index is 11.2. The summed E-state index contributed by atoms with van der Waals surface area (Å²) in [5, 5.41) is 3.87. The lowest BCUT2D eigenvalue weighted by atomic mass is 10.1. The molecule has 1 unspecified atom stereocenters. The Labute approximate surface area is 101 Å². The topological polar surface area (TPSA) is 38.3 Å². The quantitative estimate of drug-likeness (QED) is 0.520. The van der Waals surface area contributed by atoms with Gasteiger partial charge in [-0.15, -0.1) is 0 Å². The predicted molar refractivity (Wildman–Crippen MR) is 66.3 cm³/mol. The molecule has 3 nitrogen and oxygen atoms in total. The van der Waals surface area contributed by atoms with Crippen molar-refractivity contribution < 1.29 is 9.53 Å². The lowest BCUT2D eigenvalue weighted by Gasteiger charge is -2.08. The number of hydrogen-bond donors (Lipinski definition) is 1. The van der Waals surface area contributed by atoms with E-state index in [1.807, 2.05) is 6.92 Å². The number of amides is 1. The average molecular weight is 280 g/mol. The second-order valence-corrected chi connectivity index (χ2v) is 4.45. The van der Waals surface area contributed by atoms with Crippen LogP contribution < -0.4 is 5.32 Å². The van der Waals surface area contributed by atoms with Gasteiger partial charge in [0, 0.05) is 18.5 Å². The summed E-state index contributed by atoms with van der Waals surface area (Å²) in [6.45, 7) is 5.84. The van der Waals surface area contributed by atoms with Crippen LogP contribution >= 0.6 is 15.9 Å². The smallest absolute Gasteiger partial charge is 0.245 e. The van der Waals surface area contributed by atoms with Crippen LogP contribution in [0.4, 0.5) is 0 Å². The molecule has 0 spiro atoms. The van der Waals surface area contributed by atoms with Crippen molar-refractivity contribution in [3.8, 4) is 0 Å². The fourth-order valence-electron chi connectivity index (χ4n) is 1.12. The second-order valence-electron chi connectivity index (χ2n) is 3.80. The lowest BCUT2D eigenvalue weighted by molar-refractivity contribution is -0.125. The molecule has 0 fully saturated rings. The molecule has 0 bridgehead atoms. The maximum absolute atomic E-state index is 11.2. The zero-order valence-corrected chi connectivity index (χ0v) is 11.3. The second kappa shape index (κ2) is 10.4. The zero-order chi connectivity index (χ0) is 11.5. The first kappa shape index (κ1) is 14.9. The lowest BCUT2D eigenvalue weighted by Crippen LogP contribution is -2.28. The van der Waals surface area contributed by atoms with Gasteiger partial charge in [-0.2, -0.15) is 0 Å². The molecule has 0 aromatic carbocycles. The van der Waals surface area contributed by atoms with E-state index in [1.165, 1.54) is 0 Å². The third-order valence-electron chi connectivity index (χ3n) is 2.04. The first-order valence-electron chi connectivity index (χ1n) is 5.61.